The molecule has 0 saturated carbocycles. The first kappa shape index (κ1) is 15.5. The Kier molecular flexibility index (Phi) is 5.82. The molecule has 6 heteroatoms. The average Bonchev–Trinajstić information content (AvgIpc) is 2.26. The molecular weight excluding hydrogens is 312 g/mol. The van der Waals surface area contributed by atoms with Crippen molar-refractivity contribution in [3.05, 3.63) is 28.2 Å². The summed E-state index contributed by atoms with van der Waals surface area (Å²) in [7, 11) is 0. The fraction of sp³-hybridized carbons (Fsp3) is 0.385. The van der Waals surface area contributed by atoms with Crippen LogP contribution in [0.5, 0.6) is 0 Å². The van der Waals surface area contributed by atoms with E-state index >= 15 is 0 Å². The van der Waals surface area contributed by atoms with Crippen LogP contribution < -0.4 is 10.6 Å². The number of carbonyl (C=O) groups is 2. The lowest BCUT2D eigenvalue weighted by Crippen LogP contribution is -2.31. The van der Waals surface area contributed by atoms with Gasteiger partial charge in [0.05, 0.1) is 5.92 Å². The van der Waals surface area contributed by atoms with Crippen molar-refractivity contribution < 1.29 is 14.7 Å². The predicted molar refractivity (Wildman–Crippen MR) is 77.3 cm³/mol. The number of carbonyl (C=O) groups excluding carboxylic acids is 1. The lowest BCUT2D eigenvalue weighted by Gasteiger charge is -2.10. The lowest BCUT2D eigenvalue weighted by molar-refractivity contribution is -0.141. The summed E-state index contributed by atoms with van der Waals surface area (Å²) < 4.78 is 0.891. The normalized spacial score (nSPS) is 11.7. The van der Waals surface area contributed by atoms with Crippen LogP contribution in [0.2, 0.25) is 0 Å². The van der Waals surface area contributed by atoms with Gasteiger partial charge in [0.15, 0.2) is 0 Å². The summed E-state index contributed by atoms with van der Waals surface area (Å²) in [5.74, 6) is -1.32. The number of amides is 2. The highest BCUT2D eigenvalue weighted by Crippen LogP contribution is 2.18. The van der Waals surface area contributed by atoms with E-state index in [1.807, 2.05) is 19.1 Å². The number of halogens is 1. The fourth-order valence-electron chi connectivity index (χ4n) is 1.51. The van der Waals surface area contributed by atoms with Gasteiger partial charge in [0, 0.05) is 16.7 Å². The second-order valence-electron chi connectivity index (χ2n) is 4.43. The molecule has 2 amide bonds. The molecule has 19 heavy (non-hydrogen) atoms. The second kappa shape index (κ2) is 7.13. The Bertz CT molecular complexity index is 457. The van der Waals surface area contributed by atoms with Crippen LogP contribution in [0.25, 0.3) is 0 Å². The molecule has 3 N–H and O–H groups in total. The number of urea groups is 1. The van der Waals surface area contributed by atoms with Crippen LogP contribution >= 0.6 is 15.9 Å². The molecule has 1 aromatic carbocycles. The van der Waals surface area contributed by atoms with Gasteiger partial charge < -0.3 is 15.7 Å². The first-order valence-corrected chi connectivity index (χ1v) is 6.72. The third-order valence-corrected chi connectivity index (χ3v) is 3.04. The minimum atomic E-state index is -0.857. The maximum atomic E-state index is 11.6. The molecule has 104 valence electrons. The van der Waals surface area contributed by atoms with E-state index in [0.717, 1.165) is 10.0 Å². The summed E-state index contributed by atoms with van der Waals surface area (Å²) in [5, 5.41) is 14.0. The van der Waals surface area contributed by atoms with Gasteiger partial charge in [-0.3, -0.25) is 4.79 Å². The molecular formula is C13H17BrN2O3. The monoisotopic (exact) mass is 328 g/mol. The highest BCUT2D eigenvalue weighted by molar-refractivity contribution is 9.10. The standard InChI is InChI=1S/C13H17BrN2O3/c1-8-5-10(14)7-11(6-8)16-13(19)15-4-3-9(2)12(17)18/h5-7,9H,3-4H2,1-2H3,(H,17,18)(H2,15,16,19). The number of benzene rings is 1. The average molecular weight is 329 g/mol. The minimum absolute atomic E-state index is 0.326. The number of hydrogen-bond donors (Lipinski definition) is 3. The summed E-state index contributed by atoms with van der Waals surface area (Å²) in [6, 6.07) is 5.25. The number of rotatable bonds is 5. The van der Waals surface area contributed by atoms with Crippen molar-refractivity contribution in [2.75, 3.05) is 11.9 Å². The Morgan fingerprint density at radius 3 is 2.63 bits per heavy atom. The molecule has 0 aliphatic carbocycles. The molecule has 1 aromatic rings. The van der Waals surface area contributed by atoms with Crippen LogP contribution in [0, 0.1) is 12.8 Å². The van der Waals surface area contributed by atoms with Crippen molar-refractivity contribution in [3.63, 3.8) is 0 Å². The van der Waals surface area contributed by atoms with Crippen LogP contribution in [0.15, 0.2) is 22.7 Å². The molecule has 1 atom stereocenters. The number of aliphatic carboxylic acids is 1. The van der Waals surface area contributed by atoms with E-state index in [2.05, 4.69) is 26.6 Å². The Labute approximate surface area is 120 Å². The molecule has 0 aromatic heterocycles. The topological polar surface area (TPSA) is 78.4 Å². The minimum Gasteiger partial charge on any atom is -0.481 e. The number of nitrogens with one attached hydrogen (secondary N) is 2. The number of anilines is 1. The molecule has 0 saturated heterocycles. The van der Waals surface area contributed by atoms with Crippen molar-refractivity contribution in [1.29, 1.82) is 0 Å². The Morgan fingerprint density at radius 2 is 2.05 bits per heavy atom. The molecule has 5 nitrogen and oxygen atoms in total. The van der Waals surface area contributed by atoms with Crippen molar-refractivity contribution in [3.8, 4) is 0 Å². The molecule has 1 unspecified atom stereocenters. The van der Waals surface area contributed by atoms with E-state index in [0.29, 0.717) is 18.7 Å². The number of carboxylic acid groups (broad SMARTS) is 1. The summed E-state index contributed by atoms with van der Waals surface area (Å²) >= 11 is 3.35. The van der Waals surface area contributed by atoms with E-state index in [4.69, 9.17) is 5.11 Å². The SMILES string of the molecule is Cc1cc(Br)cc(NC(=O)NCCC(C)C(=O)O)c1. The van der Waals surface area contributed by atoms with Crippen LogP contribution in [0.4, 0.5) is 10.5 Å². The molecule has 1 rings (SSSR count). The first-order valence-electron chi connectivity index (χ1n) is 5.93. The molecule has 0 radical (unpaired) electrons. The van der Waals surface area contributed by atoms with Gasteiger partial charge in [-0.05, 0) is 37.1 Å². The molecule has 0 bridgehead atoms. The van der Waals surface area contributed by atoms with Gasteiger partial charge in [-0.25, -0.2) is 4.79 Å². The van der Waals surface area contributed by atoms with E-state index < -0.39 is 11.9 Å². The Hall–Kier alpha value is -1.56. The highest BCUT2D eigenvalue weighted by atomic mass is 79.9. The summed E-state index contributed by atoms with van der Waals surface area (Å²) in [6.45, 7) is 3.87. The second-order valence-corrected chi connectivity index (χ2v) is 5.34. The highest BCUT2D eigenvalue weighted by Gasteiger charge is 2.10. The summed E-state index contributed by atoms with van der Waals surface area (Å²) in [6.07, 6.45) is 0.403. The van der Waals surface area contributed by atoms with Crippen molar-refractivity contribution in [2.45, 2.75) is 20.3 Å². The molecule has 0 heterocycles. The predicted octanol–water partition coefficient (Wildman–Crippen LogP) is 2.99. The van der Waals surface area contributed by atoms with E-state index in [9.17, 15) is 9.59 Å². The Morgan fingerprint density at radius 1 is 1.37 bits per heavy atom. The smallest absolute Gasteiger partial charge is 0.319 e. The van der Waals surface area contributed by atoms with E-state index in [-0.39, 0.29) is 6.03 Å². The maximum Gasteiger partial charge on any atom is 0.319 e. The van der Waals surface area contributed by atoms with Crippen LogP contribution in [0.1, 0.15) is 18.9 Å². The number of aryl methyl sites for hydroxylation is 1. The van der Waals surface area contributed by atoms with Gasteiger partial charge in [0.25, 0.3) is 0 Å². The van der Waals surface area contributed by atoms with Gasteiger partial charge >= 0.3 is 12.0 Å². The molecule has 0 aliphatic rings. The van der Waals surface area contributed by atoms with E-state index in [1.165, 1.54) is 0 Å². The third-order valence-electron chi connectivity index (χ3n) is 2.58. The zero-order valence-electron chi connectivity index (χ0n) is 10.9. The molecule has 0 fully saturated rings. The van der Waals surface area contributed by atoms with Gasteiger partial charge in [-0.2, -0.15) is 0 Å². The van der Waals surface area contributed by atoms with Gasteiger partial charge in [-0.15, -0.1) is 0 Å². The first-order chi connectivity index (χ1) is 8.88. The quantitative estimate of drug-likeness (QED) is 0.777. The van der Waals surface area contributed by atoms with Crippen LogP contribution in [-0.2, 0) is 4.79 Å². The zero-order valence-corrected chi connectivity index (χ0v) is 12.5. The van der Waals surface area contributed by atoms with Crippen molar-refractivity contribution in [2.24, 2.45) is 5.92 Å². The summed E-state index contributed by atoms with van der Waals surface area (Å²) in [4.78, 5) is 22.2. The van der Waals surface area contributed by atoms with Crippen LogP contribution in [0.3, 0.4) is 0 Å². The zero-order chi connectivity index (χ0) is 14.4. The van der Waals surface area contributed by atoms with Crippen molar-refractivity contribution in [1.82, 2.24) is 5.32 Å². The molecule has 0 spiro atoms. The fourth-order valence-corrected chi connectivity index (χ4v) is 2.12. The largest absolute Gasteiger partial charge is 0.481 e. The van der Waals surface area contributed by atoms with Gasteiger partial charge in [0.2, 0.25) is 0 Å². The number of hydrogen-bond acceptors (Lipinski definition) is 2. The third kappa shape index (κ3) is 5.74. The van der Waals surface area contributed by atoms with E-state index in [1.54, 1.807) is 13.0 Å². The van der Waals surface area contributed by atoms with Crippen molar-refractivity contribution >= 4 is 33.6 Å². The number of carboxylic acids is 1. The molecule has 0 aliphatic heterocycles. The van der Waals surface area contributed by atoms with Gasteiger partial charge in [0.1, 0.15) is 0 Å². The van der Waals surface area contributed by atoms with Crippen LogP contribution in [-0.4, -0.2) is 23.7 Å². The lowest BCUT2D eigenvalue weighted by atomic mass is 10.1. The summed E-state index contributed by atoms with van der Waals surface area (Å²) in [5.41, 5.74) is 1.72. The Balaban J connectivity index is 2.41. The maximum absolute atomic E-state index is 11.6. The van der Waals surface area contributed by atoms with Gasteiger partial charge in [-0.1, -0.05) is 22.9 Å².